The first-order chi connectivity index (χ1) is 11.9. The van der Waals surface area contributed by atoms with Gasteiger partial charge in [-0.05, 0) is 43.9 Å². The molecule has 1 N–H and O–H groups in total. The van der Waals surface area contributed by atoms with Crippen LogP contribution in [0, 0.1) is 12.7 Å². The van der Waals surface area contributed by atoms with Crippen molar-refractivity contribution in [2.75, 3.05) is 23.3 Å². The summed E-state index contributed by atoms with van der Waals surface area (Å²) in [6.45, 7) is 4.96. The first-order valence-electron chi connectivity index (χ1n) is 8.38. The number of hydrogen-bond acceptors (Lipinski definition) is 3. The number of piperidine rings is 1. The van der Waals surface area contributed by atoms with Gasteiger partial charge in [0.05, 0.1) is 11.4 Å². The zero-order valence-electron chi connectivity index (χ0n) is 14.6. The highest BCUT2D eigenvalue weighted by molar-refractivity contribution is 6.30. The van der Waals surface area contributed by atoms with Gasteiger partial charge in [0.25, 0.3) is 0 Å². The van der Waals surface area contributed by atoms with Crippen molar-refractivity contribution in [2.45, 2.75) is 32.6 Å². The van der Waals surface area contributed by atoms with E-state index >= 15 is 0 Å². The maximum atomic E-state index is 14.1. The molecule has 3 rings (SSSR count). The number of halogens is 2. The quantitative estimate of drug-likeness (QED) is 0.899. The van der Waals surface area contributed by atoms with Gasteiger partial charge in [-0.1, -0.05) is 11.6 Å². The summed E-state index contributed by atoms with van der Waals surface area (Å²) in [4.78, 5) is 13.5. The van der Waals surface area contributed by atoms with Crippen LogP contribution in [-0.4, -0.2) is 28.8 Å². The minimum Gasteiger partial charge on any atom is -0.369 e. The smallest absolute Gasteiger partial charge is 0.222 e. The lowest BCUT2D eigenvalue weighted by Crippen LogP contribution is -2.33. The Labute approximate surface area is 151 Å². The molecule has 0 radical (unpaired) electrons. The van der Waals surface area contributed by atoms with E-state index < -0.39 is 0 Å². The van der Waals surface area contributed by atoms with Crippen molar-refractivity contribution in [2.24, 2.45) is 7.05 Å². The summed E-state index contributed by atoms with van der Waals surface area (Å²) < 4.78 is 15.9. The average Bonchev–Trinajstić information content (AvgIpc) is 2.81. The van der Waals surface area contributed by atoms with Gasteiger partial charge >= 0.3 is 0 Å². The first kappa shape index (κ1) is 17.7. The second-order valence-corrected chi connectivity index (χ2v) is 6.95. The topological polar surface area (TPSA) is 50.2 Å². The Morgan fingerprint density at radius 3 is 2.64 bits per heavy atom. The van der Waals surface area contributed by atoms with Crippen molar-refractivity contribution < 1.29 is 9.18 Å². The van der Waals surface area contributed by atoms with Crippen LogP contribution in [0.1, 0.15) is 36.9 Å². The third-order valence-electron chi connectivity index (χ3n) is 4.72. The number of rotatable bonds is 3. The molecule has 0 aliphatic carbocycles. The van der Waals surface area contributed by atoms with Crippen molar-refractivity contribution in [3.8, 4) is 0 Å². The van der Waals surface area contributed by atoms with Gasteiger partial charge in [-0.25, -0.2) is 4.39 Å². The van der Waals surface area contributed by atoms with E-state index in [1.807, 2.05) is 18.9 Å². The Kier molecular flexibility index (Phi) is 4.99. The summed E-state index contributed by atoms with van der Waals surface area (Å²) in [7, 11) is 1.83. The summed E-state index contributed by atoms with van der Waals surface area (Å²) in [5.41, 5.74) is 2.61. The second-order valence-electron chi connectivity index (χ2n) is 6.51. The molecular formula is C18H22ClFN4O. The summed E-state index contributed by atoms with van der Waals surface area (Å²) in [6.07, 6.45) is 1.75. The molecule has 1 aromatic carbocycles. The highest BCUT2D eigenvalue weighted by atomic mass is 35.5. The van der Waals surface area contributed by atoms with Crippen LogP contribution >= 0.6 is 11.6 Å². The van der Waals surface area contributed by atoms with Crippen molar-refractivity contribution >= 4 is 29.0 Å². The number of aromatic nitrogens is 2. The number of amides is 1. The van der Waals surface area contributed by atoms with Crippen LogP contribution in [-0.2, 0) is 11.8 Å². The van der Waals surface area contributed by atoms with Crippen LogP contribution in [0.25, 0.3) is 0 Å². The van der Waals surface area contributed by atoms with Gasteiger partial charge in [-0.2, -0.15) is 5.10 Å². The minimum atomic E-state index is -0.289. The molecule has 2 heterocycles. The lowest BCUT2D eigenvalue weighted by atomic mass is 9.88. The number of aryl methyl sites for hydroxylation is 2. The number of nitrogens with zero attached hydrogens (tertiary/aromatic N) is 3. The Balaban J connectivity index is 1.78. The van der Waals surface area contributed by atoms with Gasteiger partial charge in [0, 0.05) is 37.6 Å². The van der Waals surface area contributed by atoms with Crippen LogP contribution in [0.5, 0.6) is 0 Å². The lowest BCUT2D eigenvalue weighted by molar-refractivity contribution is -0.114. The molecule has 0 atom stereocenters. The number of carbonyl (C=O) groups excluding carboxylic acids is 1. The van der Waals surface area contributed by atoms with Gasteiger partial charge in [0.2, 0.25) is 5.91 Å². The maximum absolute atomic E-state index is 14.1. The monoisotopic (exact) mass is 364 g/mol. The highest BCUT2D eigenvalue weighted by Crippen LogP contribution is 2.37. The normalized spacial score (nSPS) is 15.5. The summed E-state index contributed by atoms with van der Waals surface area (Å²) in [5.74, 6) is 0.663. The van der Waals surface area contributed by atoms with Gasteiger partial charge < -0.3 is 10.2 Å². The lowest BCUT2D eigenvalue weighted by Gasteiger charge is -2.34. The number of carbonyl (C=O) groups is 1. The Hall–Kier alpha value is -2.08. The molecule has 0 unspecified atom stereocenters. The third-order valence-corrected chi connectivity index (χ3v) is 4.95. The van der Waals surface area contributed by atoms with E-state index in [-0.39, 0.29) is 11.7 Å². The zero-order valence-corrected chi connectivity index (χ0v) is 15.4. The predicted molar refractivity (Wildman–Crippen MR) is 97.8 cm³/mol. The van der Waals surface area contributed by atoms with E-state index in [4.69, 9.17) is 11.6 Å². The summed E-state index contributed by atoms with van der Waals surface area (Å²) in [6, 6.07) is 4.80. The van der Waals surface area contributed by atoms with Crippen LogP contribution in [0.4, 0.5) is 15.9 Å². The molecule has 0 saturated carbocycles. The molecule has 25 heavy (non-hydrogen) atoms. The molecule has 0 spiro atoms. The van der Waals surface area contributed by atoms with Gasteiger partial charge in [0.15, 0.2) is 0 Å². The standard InChI is InChI=1S/C18H22ClFN4O/c1-11-17(18(21-12(2)25)23(3)22-11)13-6-8-24(9-7-13)16-5-4-14(19)10-15(16)20/h4-5,10,13H,6-9H2,1-3H3,(H,21,25). The van der Waals surface area contributed by atoms with Crippen LogP contribution in [0.15, 0.2) is 18.2 Å². The van der Waals surface area contributed by atoms with Crippen molar-refractivity contribution in [1.82, 2.24) is 9.78 Å². The second kappa shape index (κ2) is 7.04. The largest absolute Gasteiger partial charge is 0.369 e. The number of benzene rings is 1. The van der Waals surface area contributed by atoms with E-state index in [1.54, 1.807) is 16.8 Å². The molecule has 1 aromatic heterocycles. The Bertz CT molecular complexity index is 797. The van der Waals surface area contributed by atoms with Crippen LogP contribution in [0.2, 0.25) is 5.02 Å². The van der Waals surface area contributed by atoms with E-state index in [9.17, 15) is 9.18 Å². The fraction of sp³-hybridized carbons (Fsp3) is 0.444. The van der Waals surface area contributed by atoms with Gasteiger partial charge in [0.1, 0.15) is 11.6 Å². The molecule has 5 nitrogen and oxygen atoms in total. The molecule has 7 heteroatoms. The van der Waals surface area contributed by atoms with Crippen molar-refractivity contribution in [3.63, 3.8) is 0 Å². The molecule has 1 aliphatic heterocycles. The SMILES string of the molecule is CC(=O)Nc1c(C2CCN(c3ccc(Cl)cc3F)CC2)c(C)nn1C. The van der Waals surface area contributed by atoms with E-state index in [1.165, 1.54) is 13.0 Å². The molecule has 134 valence electrons. The average molecular weight is 365 g/mol. The fourth-order valence-electron chi connectivity index (χ4n) is 3.63. The van der Waals surface area contributed by atoms with E-state index in [0.29, 0.717) is 16.6 Å². The Morgan fingerprint density at radius 2 is 2.04 bits per heavy atom. The Morgan fingerprint density at radius 1 is 1.36 bits per heavy atom. The van der Waals surface area contributed by atoms with Crippen LogP contribution in [0.3, 0.4) is 0 Å². The number of hydrogen-bond donors (Lipinski definition) is 1. The zero-order chi connectivity index (χ0) is 18.1. The fourth-order valence-corrected chi connectivity index (χ4v) is 3.78. The molecular weight excluding hydrogens is 343 g/mol. The van der Waals surface area contributed by atoms with Crippen LogP contribution < -0.4 is 10.2 Å². The van der Waals surface area contributed by atoms with Crippen molar-refractivity contribution in [3.05, 3.63) is 40.3 Å². The molecule has 0 bridgehead atoms. The van der Waals surface area contributed by atoms with Crippen molar-refractivity contribution in [1.29, 1.82) is 0 Å². The number of anilines is 2. The molecule has 1 fully saturated rings. The predicted octanol–water partition coefficient (Wildman–Crippen LogP) is 3.86. The van der Waals surface area contributed by atoms with Gasteiger partial charge in [-0.3, -0.25) is 9.48 Å². The number of nitrogens with one attached hydrogen (secondary N) is 1. The minimum absolute atomic E-state index is 0.107. The first-order valence-corrected chi connectivity index (χ1v) is 8.75. The van der Waals surface area contributed by atoms with E-state index in [0.717, 1.165) is 43.0 Å². The van der Waals surface area contributed by atoms with Gasteiger partial charge in [-0.15, -0.1) is 0 Å². The molecule has 1 amide bonds. The molecule has 2 aromatic rings. The molecule has 1 saturated heterocycles. The maximum Gasteiger partial charge on any atom is 0.222 e. The summed E-state index contributed by atoms with van der Waals surface area (Å²) in [5, 5.41) is 7.75. The van der Waals surface area contributed by atoms with E-state index in [2.05, 4.69) is 10.4 Å². The summed E-state index contributed by atoms with van der Waals surface area (Å²) >= 11 is 5.84. The molecule has 1 aliphatic rings. The third kappa shape index (κ3) is 3.63. The highest BCUT2D eigenvalue weighted by Gasteiger charge is 2.28.